The second-order valence-electron chi connectivity index (χ2n) is 11.3. The first kappa shape index (κ1) is 37.3. The molecule has 1 heterocycles. The number of nitrogens with two attached hydrogens (primary N) is 3. The molecule has 0 spiro atoms. The molecule has 0 radical (unpaired) electrons. The van der Waals surface area contributed by atoms with Gasteiger partial charge in [-0.3, -0.25) is 14.3 Å². The number of hydrogen-bond donors (Lipinski definition) is 5. The number of guanidine groups is 1. The van der Waals surface area contributed by atoms with E-state index in [1.165, 1.54) is 12.1 Å². The SMILES string of the molecule is CCN(CC)c1ccc2c(-c3ccc(S(=O)(=O)NC(CCCN=C(N)N)C(N)=O)cc3S(=O)(=O)O)c3ccc(=[N+](CC)CC)cc-3oc2c1. The summed E-state index contributed by atoms with van der Waals surface area (Å²) in [6.45, 7) is 11.3. The highest BCUT2D eigenvalue weighted by molar-refractivity contribution is 7.89. The van der Waals surface area contributed by atoms with Gasteiger partial charge >= 0.3 is 0 Å². The first-order valence-corrected chi connectivity index (χ1v) is 18.9. The average Bonchev–Trinajstić information content (AvgIpc) is 3.05. The van der Waals surface area contributed by atoms with Crippen LogP contribution in [0.5, 0.6) is 0 Å². The molecule has 0 saturated carbocycles. The molecule has 2 aromatic carbocycles. The molecule has 49 heavy (non-hydrogen) atoms. The second kappa shape index (κ2) is 15.4. The Morgan fingerprint density at radius 1 is 0.939 bits per heavy atom. The molecule has 264 valence electrons. The van der Waals surface area contributed by atoms with Gasteiger partial charge in [0.1, 0.15) is 35.4 Å². The molecule has 1 atom stereocenters. The maximum absolute atomic E-state index is 13.5. The van der Waals surface area contributed by atoms with E-state index in [-0.39, 0.29) is 30.9 Å². The number of sulfonamides is 1. The van der Waals surface area contributed by atoms with Crippen LogP contribution in [0.4, 0.5) is 5.69 Å². The first-order chi connectivity index (χ1) is 23.1. The largest absolute Gasteiger partial charge is 0.456 e. The third kappa shape index (κ3) is 8.39. The molecule has 8 N–H and O–H groups in total. The van der Waals surface area contributed by atoms with Crippen molar-refractivity contribution < 1.29 is 30.6 Å². The number of aliphatic imine (C=N–C) groups is 1. The zero-order valence-corrected chi connectivity index (χ0v) is 29.6. The van der Waals surface area contributed by atoms with E-state index in [0.29, 0.717) is 27.9 Å². The Morgan fingerprint density at radius 3 is 2.20 bits per heavy atom. The Bertz CT molecular complexity index is 2130. The third-order valence-electron chi connectivity index (χ3n) is 8.34. The van der Waals surface area contributed by atoms with Crippen LogP contribution in [0.25, 0.3) is 33.4 Å². The van der Waals surface area contributed by atoms with Crippen LogP contribution in [-0.2, 0) is 24.9 Å². The summed E-state index contributed by atoms with van der Waals surface area (Å²) in [6.07, 6.45) is 0.208. The Balaban J connectivity index is 1.96. The number of nitrogens with zero attached hydrogens (tertiary/aromatic N) is 3. The predicted molar refractivity (Wildman–Crippen MR) is 191 cm³/mol. The molecular formula is C33H44N7O7S2+. The molecule has 1 aliphatic heterocycles. The molecule has 2 aliphatic rings. The number of hydrogen-bond acceptors (Lipinski definition) is 8. The minimum absolute atomic E-state index is 0.0228. The van der Waals surface area contributed by atoms with E-state index in [4.69, 9.17) is 21.6 Å². The summed E-state index contributed by atoms with van der Waals surface area (Å²) in [5, 5.41) is 1.45. The van der Waals surface area contributed by atoms with Gasteiger partial charge in [0.15, 0.2) is 5.96 Å². The Kier molecular flexibility index (Phi) is 11.7. The monoisotopic (exact) mass is 714 g/mol. The number of rotatable bonds is 15. The highest BCUT2D eigenvalue weighted by atomic mass is 32.2. The van der Waals surface area contributed by atoms with Crippen LogP contribution in [0.2, 0.25) is 0 Å². The maximum Gasteiger partial charge on any atom is 0.295 e. The van der Waals surface area contributed by atoms with E-state index in [0.717, 1.165) is 43.3 Å². The third-order valence-corrected chi connectivity index (χ3v) is 10.7. The van der Waals surface area contributed by atoms with Gasteiger partial charge in [0.25, 0.3) is 10.1 Å². The van der Waals surface area contributed by atoms with Gasteiger partial charge in [-0.25, -0.2) is 13.0 Å². The molecule has 0 bridgehead atoms. The first-order valence-electron chi connectivity index (χ1n) is 16.0. The Labute approximate surface area is 286 Å². The van der Waals surface area contributed by atoms with Crippen molar-refractivity contribution in [2.45, 2.75) is 56.4 Å². The number of primary amides is 1. The van der Waals surface area contributed by atoms with Crippen LogP contribution in [0.3, 0.4) is 0 Å². The van der Waals surface area contributed by atoms with Crippen molar-refractivity contribution in [3.05, 3.63) is 60.0 Å². The number of nitrogens with one attached hydrogen (secondary N) is 1. The summed E-state index contributed by atoms with van der Waals surface area (Å²) in [4.78, 5) is 16.9. The molecule has 16 heteroatoms. The highest BCUT2D eigenvalue weighted by Crippen LogP contribution is 2.43. The van der Waals surface area contributed by atoms with Gasteiger partial charge < -0.3 is 26.5 Å². The summed E-state index contributed by atoms with van der Waals surface area (Å²) in [6, 6.07) is 13.2. The van der Waals surface area contributed by atoms with Crippen LogP contribution in [0.15, 0.2) is 73.8 Å². The van der Waals surface area contributed by atoms with Crippen LogP contribution in [0, 0.1) is 0 Å². The van der Waals surface area contributed by atoms with Crippen molar-refractivity contribution in [3.8, 4) is 22.5 Å². The van der Waals surface area contributed by atoms with Crippen LogP contribution < -0.4 is 36.8 Å². The summed E-state index contributed by atoms with van der Waals surface area (Å²) < 4.78 is 74.2. The zero-order valence-electron chi connectivity index (χ0n) is 28.0. The fourth-order valence-corrected chi connectivity index (χ4v) is 7.90. The molecular weight excluding hydrogens is 671 g/mol. The number of carbonyl (C=O) groups excluding carboxylic acids is 1. The second-order valence-corrected chi connectivity index (χ2v) is 14.4. The molecule has 0 fully saturated rings. The fraction of sp³-hybridized carbons (Fsp3) is 0.364. The molecule has 1 amide bonds. The molecule has 1 unspecified atom stereocenters. The number of anilines is 1. The standard InChI is InChI=1S/C33H43N7O7S2/c1-5-39(6-2)21-11-14-24-28(18-21)47-29-19-22(40(7-3)8-4)12-15-25(29)31(24)26-16-13-23(20-30(26)49(44,45)46)48(42,43)38-27(32(34)41)10-9-17-37-33(35)36/h11-16,18-20,27,38H,5-10,17H2,1-4H3,(H6-,34,35,36,37,41,44,45,46)/p+1. The van der Waals surface area contributed by atoms with Crippen molar-refractivity contribution in [2.75, 3.05) is 37.6 Å². The van der Waals surface area contributed by atoms with Gasteiger partial charge in [0.2, 0.25) is 21.3 Å². The number of carbonyl (C=O) groups is 1. The molecule has 2 aromatic rings. The number of benzene rings is 3. The molecule has 0 saturated heterocycles. The van der Waals surface area contributed by atoms with Gasteiger partial charge in [0.05, 0.1) is 11.0 Å². The minimum atomic E-state index is -5.00. The molecule has 14 nitrogen and oxygen atoms in total. The van der Waals surface area contributed by atoms with Crippen molar-refractivity contribution in [2.24, 2.45) is 22.2 Å². The van der Waals surface area contributed by atoms with Crippen LogP contribution in [0.1, 0.15) is 40.5 Å². The lowest BCUT2D eigenvalue weighted by Crippen LogP contribution is -2.44. The minimum Gasteiger partial charge on any atom is -0.456 e. The van der Waals surface area contributed by atoms with Gasteiger partial charge in [-0.2, -0.15) is 13.1 Å². The highest BCUT2D eigenvalue weighted by Gasteiger charge is 2.29. The van der Waals surface area contributed by atoms with Gasteiger partial charge in [-0.15, -0.1) is 0 Å². The van der Waals surface area contributed by atoms with E-state index in [1.807, 2.05) is 64.1 Å². The Hall–Kier alpha value is -4.51. The number of amides is 1. The number of fused-ring (bicyclic) bond motifs is 2. The molecule has 1 aliphatic carbocycles. The average molecular weight is 715 g/mol. The van der Waals surface area contributed by atoms with Gasteiger partial charge in [-0.1, -0.05) is 6.07 Å². The Morgan fingerprint density at radius 2 is 1.61 bits per heavy atom. The lowest BCUT2D eigenvalue weighted by atomic mass is 9.93. The van der Waals surface area contributed by atoms with Crippen molar-refractivity contribution >= 4 is 48.7 Å². The summed E-state index contributed by atoms with van der Waals surface area (Å²) in [5.74, 6) is -0.636. The predicted octanol–water partition coefficient (Wildman–Crippen LogP) is 2.30. The topological polar surface area (TPSA) is 227 Å². The zero-order chi connectivity index (χ0) is 36.1. The molecule has 4 rings (SSSR count). The van der Waals surface area contributed by atoms with E-state index in [1.54, 1.807) is 0 Å². The van der Waals surface area contributed by atoms with Crippen molar-refractivity contribution in [3.63, 3.8) is 0 Å². The van der Waals surface area contributed by atoms with Gasteiger partial charge in [0, 0.05) is 59.5 Å². The van der Waals surface area contributed by atoms with E-state index < -0.39 is 41.9 Å². The summed E-state index contributed by atoms with van der Waals surface area (Å²) in [7, 11) is -9.51. The summed E-state index contributed by atoms with van der Waals surface area (Å²) >= 11 is 0. The van der Waals surface area contributed by atoms with E-state index in [9.17, 15) is 26.2 Å². The van der Waals surface area contributed by atoms with Crippen molar-refractivity contribution in [1.29, 1.82) is 0 Å². The lowest BCUT2D eigenvalue weighted by molar-refractivity contribution is -0.119. The van der Waals surface area contributed by atoms with Gasteiger partial charge in [-0.05, 0) is 70.9 Å². The normalized spacial score (nSPS) is 12.6. The maximum atomic E-state index is 13.5. The van der Waals surface area contributed by atoms with E-state index >= 15 is 0 Å². The van der Waals surface area contributed by atoms with Crippen molar-refractivity contribution in [1.82, 2.24) is 9.30 Å². The quantitative estimate of drug-likeness (QED) is 0.0301. The smallest absolute Gasteiger partial charge is 0.295 e. The van der Waals surface area contributed by atoms with E-state index in [2.05, 4.69) is 19.2 Å². The lowest BCUT2D eigenvalue weighted by Gasteiger charge is -2.23. The van der Waals surface area contributed by atoms with Crippen LogP contribution in [-0.4, -0.2) is 72.0 Å². The molecule has 0 aromatic heterocycles. The fourth-order valence-electron chi connectivity index (χ4n) is 5.84. The summed E-state index contributed by atoms with van der Waals surface area (Å²) in [5.41, 5.74) is 18.5. The van der Waals surface area contributed by atoms with Crippen LogP contribution >= 0.6 is 0 Å².